The van der Waals surface area contributed by atoms with Crippen molar-refractivity contribution in [2.45, 2.75) is 18.3 Å². The van der Waals surface area contributed by atoms with E-state index in [0.29, 0.717) is 24.6 Å². The van der Waals surface area contributed by atoms with E-state index >= 15 is 0 Å². The second-order valence-electron chi connectivity index (χ2n) is 7.01. The van der Waals surface area contributed by atoms with Crippen molar-refractivity contribution in [1.29, 1.82) is 0 Å². The molecule has 0 saturated carbocycles. The van der Waals surface area contributed by atoms with E-state index < -0.39 is 0 Å². The topological polar surface area (TPSA) is 89.0 Å². The molecule has 1 aliphatic carbocycles. The molecule has 28 heavy (non-hydrogen) atoms. The first-order chi connectivity index (χ1) is 13.6. The fraction of sp³-hybridized carbons (Fsp3) is 0.455. The number of rotatable bonds is 8. The third kappa shape index (κ3) is 3.38. The van der Waals surface area contributed by atoms with Crippen LogP contribution in [0.15, 0.2) is 30.3 Å². The lowest BCUT2D eigenvalue weighted by Crippen LogP contribution is -2.24. The Labute approximate surface area is 166 Å². The van der Waals surface area contributed by atoms with E-state index in [1.54, 1.807) is 28.4 Å². The largest absolute Gasteiger partial charge is 0.493 e. The molecule has 6 nitrogen and oxygen atoms in total. The molecule has 0 heterocycles. The molecule has 0 aromatic heterocycles. The lowest BCUT2D eigenvalue weighted by molar-refractivity contribution is 0.353. The van der Waals surface area contributed by atoms with Crippen molar-refractivity contribution >= 4 is 0 Å². The highest BCUT2D eigenvalue weighted by molar-refractivity contribution is 5.57. The summed E-state index contributed by atoms with van der Waals surface area (Å²) in [5.74, 6) is 3.48. The maximum Gasteiger partial charge on any atom is 0.161 e. The molecule has 1 aliphatic rings. The summed E-state index contributed by atoms with van der Waals surface area (Å²) in [7, 11) is 6.60. The monoisotopic (exact) mass is 386 g/mol. The normalized spacial score (nSPS) is 20.6. The number of ether oxygens (including phenoxy) is 4. The Bertz CT molecular complexity index is 824. The molecule has 3 unspecified atom stereocenters. The van der Waals surface area contributed by atoms with Gasteiger partial charge in [-0.05, 0) is 72.3 Å². The van der Waals surface area contributed by atoms with Crippen LogP contribution in [0.3, 0.4) is 0 Å². The molecule has 2 aromatic carbocycles. The van der Waals surface area contributed by atoms with Crippen molar-refractivity contribution in [3.63, 3.8) is 0 Å². The smallest absolute Gasteiger partial charge is 0.161 e. The fourth-order valence-corrected chi connectivity index (χ4v) is 4.52. The van der Waals surface area contributed by atoms with E-state index in [-0.39, 0.29) is 17.8 Å². The van der Waals surface area contributed by atoms with E-state index in [9.17, 15) is 0 Å². The summed E-state index contributed by atoms with van der Waals surface area (Å²) in [6, 6.07) is 10.2. The quantitative estimate of drug-likeness (QED) is 0.725. The lowest BCUT2D eigenvalue weighted by Gasteiger charge is -2.25. The number of methoxy groups -OCH3 is 4. The second kappa shape index (κ2) is 8.71. The van der Waals surface area contributed by atoms with Crippen molar-refractivity contribution in [3.05, 3.63) is 47.0 Å². The van der Waals surface area contributed by atoms with Crippen LogP contribution in [0.4, 0.5) is 0 Å². The van der Waals surface area contributed by atoms with Gasteiger partial charge in [-0.3, -0.25) is 0 Å². The van der Waals surface area contributed by atoms with Crippen LogP contribution >= 0.6 is 0 Å². The number of nitrogens with two attached hydrogens (primary N) is 2. The van der Waals surface area contributed by atoms with E-state index in [0.717, 1.165) is 23.5 Å². The molecule has 0 amide bonds. The number of hydrogen-bond donors (Lipinski definition) is 2. The molecular formula is C22H30N2O4. The molecule has 152 valence electrons. The van der Waals surface area contributed by atoms with Crippen LogP contribution < -0.4 is 30.4 Å². The summed E-state index contributed by atoms with van der Waals surface area (Å²) >= 11 is 0. The highest BCUT2D eigenvalue weighted by atomic mass is 16.5. The van der Waals surface area contributed by atoms with Crippen LogP contribution in [0, 0.1) is 5.92 Å². The van der Waals surface area contributed by atoms with Gasteiger partial charge in [0.1, 0.15) is 0 Å². The Morgan fingerprint density at radius 2 is 1.32 bits per heavy atom. The van der Waals surface area contributed by atoms with E-state index in [4.69, 9.17) is 30.4 Å². The van der Waals surface area contributed by atoms with Gasteiger partial charge in [0.2, 0.25) is 0 Å². The Balaban J connectivity index is 2.18. The summed E-state index contributed by atoms with van der Waals surface area (Å²) in [6.45, 7) is 1.16. The summed E-state index contributed by atoms with van der Waals surface area (Å²) < 4.78 is 22.0. The molecule has 2 aromatic rings. The zero-order valence-electron chi connectivity index (χ0n) is 17.0. The van der Waals surface area contributed by atoms with Gasteiger partial charge in [-0.1, -0.05) is 6.07 Å². The van der Waals surface area contributed by atoms with Gasteiger partial charge in [0.15, 0.2) is 23.0 Å². The minimum absolute atomic E-state index is 0.121. The minimum atomic E-state index is 0.121. The van der Waals surface area contributed by atoms with Crippen LogP contribution in [0.1, 0.15) is 34.9 Å². The first-order valence-corrected chi connectivity index (χ1v) is 9.51. The summed E-state index contributed by atoms with van der Waals surface area (Å²) in [4.78, 5) is 0. The second-order valence-corrected chi connectivity index (χ2v) is 7.01. The Morgan fingerprint density at radius 3 is 1.86 bits per heavy atom. The van der Waals surface area contributed by atoms with Gasteiger partial charge in [-0.25, -0.2) is 0 Å². The predicted octanol–water partition coefficient (Wildman–Crippen LogP) is 2.87. The molecule has 0 fully saturated rings. The molecular weight excluding hydrogens is 356 g/mol. The maximum atomic E-state index is 6.27. The van der Waals surface area contributed by atoms with Crippen LogP contribution in [-0.2, 0) is 0 Å². The highest BCUT2D eigenvalue weighted by Gasteiger charge is 2.41. The van der Waals surface area contributed by atoms with Crippen LogP contribution in [0.2, 0.25) is 0 Å². The van der Waals surface area contributed by atoms with Gasteiger partial charge in [-0.2, -0.15) is 0 Å². The zero-order chi connectivity index (χ0) is 20.3. The van der Waals surface area contributed by atoms with Gasteiger partial charge in [0, 0.05) is 5.92 Å². The van der Waals surface area contributed by atoms with Crippen molar-refractivity contribution in [1.82, 2.24) is 0 Å². The van der Waals surface area contributed by atoms with Gasteiger partial charge in [-0.15, -0.1) is 0 Å². The molecule has 6 heteroatoms. The van der Waals surface area contributed by atoms with Gasteiger partial charge < -0.3 is 30.4 Å². The third-order valence-corrected chi connectivity index (χ3v) is 5.79. The first kappa shape index (κ1) is 20.3. The summed E-state index contributed by atoms with van der Waals surface area (Å²) in [6.07, 6.45) is 0.869. The molecule has 3 rings (SSSR count). The van der Waals surface area contributed by atoms with Crippen LogP contribution in [0.5, 0.6) is 23.0 Å². The molecule has 0 saturated heterocycles. The average Bonchev–Trinajstić information content (AvgIpc) is 3.04. The number of fused-ring (bicyclic) bond motifs is 1. The third-order valence-electron chi connectivity index (χ3n) is 5.79. The van der Waals surface area contributed by atoms with Crippen molar-refractivity contribution in [3.8, 4) is 23.0 Å². The standard InChI is InChI=1S/C22H30N2O4/c1-25-18-6-5-13(9-19(18)26-2)22-16-11-21(28-4)20(27-3)10-15(16)14(7-8-23)17(22)12-24/h5-6,9-11,14,17,22H,7-8,12,23-24H2,1-4H3. The molecule has 0 aliphatic heterocycles. The average molecular weight is 386 g/mol. The predicted molar refractivity (Wildman–Crippen MR) is 110 cm³/mol. The van der Waals surface area contributed by atoms with Gasteiger partial charge in [0.05, 0.1) is 28.4 Å². The number of benzene rings is 2. The molecule has 0 spiro atoms. The van der Waals surface area contributed by atoms with Crippen LogP contribution in [-0.4, -0.2) is 41.5 Å². The fourth-order valence-electron chi connectivity index (χ4n) is 4.52. The Kier molecular flexibility index (Phi) is 6.31. The van der Waals surface area contributed by atoms with Gasteiger partial charge >= 0.3 is 0 Å². The van der Waals surface area contributed by atoms with E-state index in [1.807, 2.05) is 12.1 Å². The van der Waals surface area contributed by atoms with E-state index in [2.05, 4.69) is 18.2 Å². The molecule has 0 radical (unpaired) electrons. The Hall–Kier alpha value is -2.44. The summed E-state index contributed by atoms with van der Waals surface area (Å²) in [5, 5.41) is 0. The Morgan fingerprint density at radius 1 is 0.750 bits per heavy atom. The van der Waals surface area contributed by atoms with Crippen LogP contribution in [0.25, 0.3) is 0 Å². The maximum absolute atomic E-state index is 6.27. The molecule has 4 N–H and O–H groups in total. The molecule has 0 bridgehead atoms. The first-order valence-electron chi connectivity index (χ1n) is 9.51. The number of hydrogen-bond acceptors (Lipinski definition) is 6. The minimum Gasteiger partial charge on any atom is -0.493 e. The van der Waals surface area contributed by atoms with Crippen molar-refractivity contribution in [2.75, 3.05) is 41.5 Å². The highest BCUT2D eigenvalue weighted by Crippen LogP contribution is 2.54. The SMILES string of the molecule is COc1ccc(C2c3cc(OC)c(OC)cc3C(CCN)C2CN)cc1OC. The van der Waals surface area contributed by atoms with E-state index in [1.165, 1.54) is 11.1 Å². The van der Waals surface area contributed by atoms with Crippen molar-refractivity contribution < 1.29 is 18.9 Å². The zero-order valence-corrected chi connectivity index (χ0v) is 17.0. The molecule has 3 atom stereocenters. The van der Waals surface area contributed by atoms with Gasteiger partial charge in [0.25, 0.3) is 0 Å². The van der Waals surface area contributed by atoms with Crippen molar-refractivity contribution in [2.24, 2.45) is 17.4 Å². The lowest BCUT2D eigenvalue weighted by atomic mass is 9.81. The summed E-state index contributed by atoms with van der Waals surface area (Å²) in [5.41, 5.74) is 15.8.